The fourth-order valence-corrected chi connectivity index (χ4v) is 9.09. The molecule has 4 rings (SSSR count). The molecule has 1 fully saturated rings. The van der Waals surface area contributed by atoms with Crippen molar-refractivity contribution in [3.05, 3.63) is 59.6 Å². The summed E-state index contributed by atoms with van der Waals surface area (Å²) >= 11 is 1.37. The monoisotopic (exact) mass is 578 g/mol. The third kappa shape index (κ3) is 6.60. The summed E-state index contributed by atoms with van der Waals surface area (Å²) in [4.78, 5) is 17.8. The molecule has 1 aromatic heterocycles. The number of carbonyl (C=O) groups is 1. The molecule has 4 atom stereocenters. The number of amides is 1. The molecule has 2 aromatic carbocycles. The maximum Gasteiger partial charge on any atom is 0.267 e. The van der Waals surface area contributed by atoms with Crippen molar-refractivity contribution in [1.82, 2.24) is 14.6 Å². The molecular formula is C26H34N4O5S3. The number of benzene rings is 2. The summed E-state index contributed by atoms with van der Waals surface area (Å²) in [5.41, 5.74) is 9.57. The Morgan fingerprint density at radius 3 is 2.58 bits per heavy atom. The summed E-state index contributed by atoms with van der Waals surface area (Å²) in [5.74, 6) is -2.92. The number of thiazole rings is 1. The predicted octanol–water partition coefficient (Wildman–Crippen LogP) is 2.78. The third-order valence-corrected chi connectivity index (χ3v) is 11.4. The Bertz CT molecular complexity index is 1470. The van der Waals surface area contributed by atoms with Gasteiger partial charge in [0, 0.05) is 6.04 Å². The smallest absolute Gasteiger partial charge is 0.267 e. The SMILES string of the molecule is CC(CS(=O)(=O)C[C@H]1CCCN1)C(=O)N([C@H](N)[C@@H](C)Cc1ccccc1)S(=O)(=O)c1ccc2scnc2c1. The Hall–Kier alpha value is -2.38. The number of hydrogen-bond acceptors (Lipinski definition) is 9. The number of rotatable bonds is 11. The van der Waals surface area contributed by atoms with Crippen molar-refractivity contribution in [2.45, 2.75) is 50.2 Å². The van der Waals surface area contributed by atoms with Crippen LogP contribution in [0.1, 0.15) is 32.3 Å². The van der Waals surface area contributed by atoms with Crippen LogP contribution >= 0.6 is 11.3 Å². The molecule has 3 aromatic rings. The minimum Gasteiger partial charge on any atom is -0.313 e. The average molecular weight is 579 g/mol. The lowest BCUT2D eigenvalue weighted by Crippen LogP contribution is -2.55. The largest absolute Gasteiger partial charge is 0.313 e. The van der Waals surface area contributed by atoms with E-state index < -0.39 is 49.5 Å². The zero-order chi connectivity index (χ0) is 27.5. The van der Waals surface area contributed by atoms with Gasteiger partial charge in [-0.25, -0.2) is 26.1 Å². The first-order chi connectivity index (χ1) is 18.0. The zero-order valence-electron chi connectivity index (χ0n) is 21.5. The van der Waals surface area contributed by atoms with Crippen LogP contribution in [0.25, 0.3) is 10.2 Å². The van der Waals surface area contributed by atoms with Crippen LogP contribution in [0, 0.1) is 11.8 Å². The highest BCUT2D eigenvalue weighted by Gasteiger charge is 2.40. The molecule has 0 saturated carbocycles. The molecule has 1 unspecified atom stereocenters. The number of nitrogens with one attached hydrogen (secondary N) is 1. The third-order valence-electron chi connectivity index (χ3n) is 6.87. The van der Waals surface area contributed by atoms with Gasteiger partial charge in [-0.1, -0.05) is 44.2 Å². The highest BCUT2D eigenvalue weighted by Crippen LogP contribution is 2.28. The van der Waals surface area contributed by atoms with E-state index in [1.165, 1.54) is 30.4 Å². The van der Waals surface area contributed by atoms with Gasteiger partial charge in [-0.2, -0.15) is 0 Å². The molecule has 3 N–H and O–H groups in total. The summed E-state index contributed by atoms with van der Waals surface area (Å²) < 4.78 is 55.2. The highest BCUT2D eigenvalue weighted by atomic mass is 32.2. The molecule has 0 radical (unpaired) electrons. The van der Waals surface area contributed by atoms with Gasteiger partial charge in [0.25, 0.3) is 10.0 Å². The molecule has 9 nitrogen and oxygen atoms in total. The van der Waals surface area contributed by atoms with E-state index in [4.69, 9.17) is 5.73 Å². The number of aromatic nitrogens is 1. The number of sulfonamides is 1. The predicted molar refractivity (Wildman–Crippen MR) is 150 cm³/mol. The maximum absolute atomic E-state index is 13.9. The van der Waals surface area contributed by atoms with Gasteiger partial charge in [0.05, 0.1) is 44.2 Å². The number of nitrogens with two attached hydrogens (primary N) is 1. The van der Waals surface area contributed by atoms with Crippen LogP contribution in [-0.4, -0.2) is 62.3 Å². The Balaban J connectivity index is 1.64. The molecule has 206 valence electrons. The van der Waals surface area contributed by atoms with Gasteiger partial charge < -0.3 is 11.1 Å². The van der Waals surface area contributed by atoms with E-state index in [-0.39, 0.29) is 16.7 Å². The van der Waals surface area contributed by atoms with Crippen LogP contribution in [0.3, 0.4) is 0 Å². The van der Waals surface area contributed by atoms with Crippen LogP contribution in [0.2, 0.25) is 0 Å². The lowest BCUT2D eigenvalue weighted by atomic mass is 9.98. The average Bonchev–Trinajstić information content (AvgIpc) is 3.55. The van der Waals surface area contributed by atoms with Crippen LogP contribution < -0.4 is 11.1 Å². The number of nitrogens with zero attached hydrogens (tertiary/aromatic N) is 2. The molecule has 1 amide bonds. The second-order valence-electron chi connectivity index (χ2n) is 10.0. The van der Waals surface area contributed by atoms with Gasteiger partial charge in [-0.05, 0) is 55.5 Å². The van der Waals surface area contributed by atoms with E-state index in [1.54, 1.807) is 18.5 Å². The Labute approximate surface area is 228 Å². The normalized spacial score (nSPS) is 18.8. The van der Waals surface area contributed by atoms with Crippen molar-refractivity contribution < 1.29 is 21.6 Å². The standard InChI is InChI=1S/C26H34N4O5S3/c1-18(13-20-7-4-3-5-8-20)25(27)30(38(34,35)22-10-11-24-23(14-22)29-17-36-24)26(31)19(2)15-37(32,33)16-21-9-6-12-28-21/h3-5,7-8,10-11,14,17-19,21,25,28H,6,9,12-13,15-16,27H2,1-2H3/t18-,19?,21+,25-/m0/s1. The molecular weight excluding hydrogens is 545 g/mol. The Morgan fingerprint density at radius 2 is 1.89 bits per heavy atom. The van der Waals surface area contributed by atoms with Crippen LogP contribution in [-0.2, 0) is 31.1 Å². The lowest BCUT2D eigenvalue weighted by molar-refractivity contribution is -0.131. The maximum atomic E-state index is 13.9. The second kappa shape index (κ2) is 11.8. The first-order valence-electron chi connectivity index (χ1n) is 12.6. The van der Waals surface area contributed by atoms with Crippen LogP contribution in [0.15, 0.2) is 58.9 Å². The molecule has 2 heterocycles. The van der Waals surface area contributed by atoms with Crippen molar-refractivity contribution in [3.8, 4) is 0 Å². The minimum atomic E-state index is -4.41. The van der Waals surface area contributed by atoms with Crippen molar-refractivity contribution in [2.24, 2.45) is 17.6 Å². The van der Waals surface area contributed by atoms with Crippen molar-refractivity contribution >= 4 is 47.3 Å². The lowest BCUT2D eigenvalue weighted by Gasteiger charge is -2.34. The Kier molecular flexibility index (Phi) is 8.88. The van der Waals surface area contributed by atoms with Gasteiger partial charge in [0.2, 0.25) is 5.91 Å². The molecule has 0 bridgehead atoms. The van der Waals surface area contributed by atoms with Gasteiger partial charge >= 0.3 is 0 Å². The van der Waals surface area contributed by atoms with Crippen LogP contribution in [0.5, 0.6) is 0 Å². The number of hydrogen-bond donors (Lipinski definition) is 2. The fourth-order valence-electron chi connectivity index (χ4n) is 4.82. The first kappa shape index (κ1) is 28.6. The summed E-state index contributed by atoms with van der Waals surface area (Å²) in [6, 6.07) is 13.8. The highest BCUT2D eigenvalue weighted by molar-refractivity contribution is 7.91. The molecule has 12 heteroatoms. The summed E-state index contributed by atoms with van der Waals surface area (Å²) in [6.07, 6.45) is 0.883. The van der Waals surface area contributed by atoms with E-state index >= 15 is 0 Å². The molecule has 38 heavy (non-hydrogen) atoms. The molecule has 1 saturated heterocycles. The van der Waals surface area contributed by atoms with Crippen LogP contribution in [0.4, 0.5) is 0 Å². The van der Waals surface area contributed by atoms with Crippen molar-refractivity contribution in [1.29, 1.82) is 0 Å². The number of fused-ring (bicyclic) bond motifs is 1. The van der Waals surface area contributed by atoms with Gasteiger partial charge in [0.15, 0.2) is 9.84 Å². The van der Waals surface area contributed by atoms with Crippen molar-refractivity contribution in [3.63, 3.8) is 0 Å². The van der Waals surface area contributed by atoms with E-state index in [0.717, 1.165) is 29.6 Å². The van der Waals surface area contributed by atoms with Gasteiger partial charge in [-0.3, -0.25) is 4.79 Å². The van der Waals surface area contributed by atoms with E-state index in [1.807, 2.05) is 30.3 Å². The van der Waals surface area contributed by atoms with Crippen molar-refractivity contribution in [2.75, 3.05) is 18.1 Å². The quantitative estimate of drug-likeness (QED) is 0.331. The van der Waals surface area contributed by atoms with E-state index in [2.05, 4.69) is 10.3 Å². The fraction of sp³-hybridized carbons (Fsp3) is 0.462. The van der Waals surface area contributed by atoms with Gasteiger partial charge in [0.1, 0.15) is 0 Å². The summed E-state index contributed by atoms with van der Waals surface area (Å²) in [6.45, 7) is 3.99. The zero-order valence-corrected chi connectivity index (χ0v) is 23.9. The molecule has 1 aliphatic heterocycles. The Morgan fingerprint density at radius 1 is 1.16 bits per heavy atom. The summed E-state index contributed by atoms with van der Waals surface area (Å²) in [5, 5.41) is 3.16. The minimum absolute atomic E-state index is 0.0890. The van der Waals surface area contributed by atoms with E-state index in [0.29, 0.717) is 16.2 Å². The molecule has 0 aliphatic carbocycles. The number of carbonyl (C=O) groups excluding carboxylic acids is 1. The molecule has 1 aliphatic rings. The second-order valence-corrected chi connectivity index (χ2v) is 14.9. The number of sulfone groups is 1. The topological polar surface area (TPSA) is 140 Å². The van der Waals surface area contributed by atoms with E-state index in [9.17, 15) is 21.6 Å². The first-order valence-corrected chi connectivity index (χ1v) is 16.8. The summed E-state index contributed by atoms with van der Waals surface area (Å²) in [7, 11) is -8.04. The molecule has 0 spiro atoms. The van der Waals surface area contributed by atoms with Gasteiger partial charge in [-0.15, -0.1) is 11.3 Å².